The minimum atomic E-state index is -0.0818. The summed E-state index contributed by atoms with van der Waals surface area (Å²) in [6.07, 6.45) is 0. The van der Waals surface area contributed by atoms with Crippen molar-refractivity contribution in [1.29, 1.82) is 0 Å². The number of aromatic nitrogens is 2. The van der Waals surface area contributed by atoms with Gasteiger partial charge in [-0.15, -0.1) is 0 Å². The van der Waals surface area contributed by atoms with E-state index in [2.05, 4.69) is 232 Å². The molecule has 2 nitrogen and oxygen atoms in total. The van der Waals surface area contributed by atoms with Crippen LogP contribution in [-0.4, -0.2) is 9.97 Å². The maximum atomic E-state index is 5.23. The number of hydrogen-bond donors (Lipinski definition) is 0. The Morgan fingerprint density at radius 3 is 1.33 bits per heavy atom. The molecule has 0 unspecified atom stereocenters. The molecule has 2 heteroatoms. The molecule has 0 saturated heterocycles. The van der Waals surface area contributed by atoms with E-state index in [1.54, 1.807) is 0 Å². The summed E-state index contributed by atoms with van der Waals surface area (Å²) >= 11 is 0. The van der Waals surface area contributed by atoms with E-state index in [1.165, 1.54) is 66.4 Å². The van der Waals surface area contributed by atoms with Crippen molar-refractivity contribution >= 4 is 10.8 Å². The van der Waals surface area contributed by atoms with Gasteiger partial charge in [0.25, 0.3) is 0 Å². The Kier molecular flexibility index (Phi) is 8.86. The molecule has 61 heavy (non-hydrogen) atoms. The standard InChI is InChI=1S/C59H42N2/c1-59(2)53-22-12-21-51(57(53)52-36-48-17-9-10-18-49(48)37-54(52)59)44-29-23-43(24-30-44)47-19-11-20-50(35-47)58-60-55(45-31-25-41(26-32-45)39-13-5-3-6-14-39)38-56(61-58)46-33-27-42(28-34-46)40-15-7-4-8-16-40/h3-38H,1-2H3. The second kappa shape index (κ2) is 14.9. The molecule has 10 aromatic rings. The molecule has 0 radical (unpaired) electrons. The molecule has 11 rings (SSSR count). The van der Waals surface area contributed by atoms with Crippen molar-refractivity contribution in [1.82, 2.24) is 9.97 Å². The van der Waals surface area contributed by atoms with Crippen molar-refractivity contribution in [3.63, 3.8) is 0 Å². The van der Waals surface area contributed by atoms with Gasteiger partial charge in [-0.3, -0.25) is 0 Å². The third-order valence-corrected chi connectivity index (χ3v) is 12.5. The highest BCUT2D eigenvalue weighted by atomic mass is 14.9. The molecule has 288 valence electrons. The van der Waals surface area contributed by atoms with Gasteiger partial charge in [-0.25, -0.2) is 9.97 Å². The predicted octanol–water partition coefficient (Wildman–Crippen LogP) is 15.6. The Hall–Kier alpha value is -7.68. The predicted molar refractivity (Wildman–Crippen MR) is 255 cm³/mol. The van der Waals surface area contributed by atoms with Crippen molar-refractivity contribution in [2.45, 2.75) is 19.3 Å². The number of rotatable bonds is 7. The van der Waals surface area contributed by atoms with Gasteiger partial charge in [-0.05, 0) is 102 Å². The second-order valence-corrected chi connectivity index (χ2v) is 16.6. The van der Waals surface area contributed by atoms with Crippen LogP contribution < -0.4 is 0 Å². The van der Waals surface area contributed by atoms with Crippen LogP contribution in [0.2, 0.25) is 0 Å². The van der Waals surface area contributed by atoms with Gasteiger partial charge in [0.1, 0.15) is 0 Å². The fourth-order valence-electron chi connectivity index (χ4n) is 9.19. The molecule has 1 heterocycles. The smallest absolute Gasteiger partial charge is 0.160 e. The summed E-state index contributed by atoms with van der Waals surface area (Å²) in [5, 5.41) is 2.57. The number of benzene rings is 9. The molecule has 0 aliphatic heterocycles. The first-order chi connectivity index (χ1) is 30.0. The highest BCUT2D eigenvalue weighted by molar-refractivity contribution is 5.98. The van der Waals surface area contributed by atoms with Crippen molar-refractivity contribution in [3.05, 3.63) is 230 Å². The Bertz CT molecular complexity index is 3120. The van der Waals surface area contributed by atoms with E-state index in [0.717, 1.165) is 39.2 Å². The highest BCUT2D eigenvalue weighted by Gasteiger charge is 2.37. The largest absolute Gasteiger partial charge is 0.228 e. The van der Waals surface area contributed by atoms with E-state index >= 15 is 0 Å². The molecule has 0 atom stereocenters. The van der Waals surface area contributed by atoms with Crippen LogP contribution in [0.5, 0.6) is 0 Å². The van der Waals surface area contributed by atoms with Gasteiger partial charge in [0.05, 0.1) is 11.4 Å². The topological polar surface area (TPSA) is 25.8 Å². The molecule has 0 amide bonds. The Morgan fingerprint density at radius 1 is 0.295 bits per heavy atom. The van der Waals surface area contributed by atoms with Crippen LogP contribution in [0.4, 0.5) is 0 Å². The molecule has 0 spiro atoms. The van der Waals surface area contributed by atoms with E-state index in [9.17, 15) is 0 Å². The van der Waals surface area contributed by atoms with Crippen LogP contribution in [0.1, 0.15) is 25.0 Å². The van der Waals surface area contributed by atoms with Crippen molar-refractivity contribution in [2.24, 2.45) is 0 Å². The molecule has 0 bridgehead atoms. The van der Waals surface area contributed by atoms with Crippen LogP contribution >= 0.6 is 0 Å². The lowest BCUT2D eigenvalue weighted by atomic mass is 9.81. The summed E-state index contributed by atoms with van der Waals surface area (Å²) in [6, 6.07) is 78.5. The molecule has 1 aliphatic rings. The average molecular weight is 779 g/mol. The molecule has 1 aliphatic carbocycles. The van der Waals surface area contributed by atoms with Gasteiger partial charge >= 0.3 is 0 Å². The maximum Gasteiger partial charge on any atom is 0.160 e. The Balaban J connectivity index is 0.956. The SMILES string of the molecule is CC1(C)c2cc3ccccc3cc2-c2c(-c3ccc(-c4cccc(-c5nc(-c6ccc(-c7ccccc7)cc6)cc(-c6ccc(-c7ccccc7)cc6)n5)c4)cc3)cccc21. The molecule has 1 aromatic heterocycles. The normalized spacial score (nSPS) is 12.6. The summed E-state index contributed by atoms with van der Waals surface area (Å²) in [5.41, 5.74) is 19.7. The average Bonchev–Trinajstić information content (AvgIpc) is 3.56. The van der Waals surface area contributed by atoms with Gasteiger partial charge in [0.15, 0.2) is 5.82 Å². The molecular formula is C59H42N2. The van der Waals surface area contributed by atoms with Gasteiger partial charge in [0, 0.05) is 22.1 Å². The third-order valence-electron chi connectivity index (χ3n) is 12.5. The first kappa shape index (κ1) is 36.4. The Morgan fingerprint density at radius 2 is 0.738 bits per heavy atom. The van der Waals surface area contributed by atoms with E-state index < -0.39 is 0 Å². The van der Waals surface area contributed by atoms with Gasteiger partial charge in [-0.1, -0.05) is 208 Å². The monoisotopic (exact) mass is 778 g/mol. The van der Waals surface area contributed by atoms with Crippen LogP contribution in [0.25, 0.3) is 100 Å². The highest BCUT2D eigenvalue weighted by Crippen LogP contribution is 2.53. The lowest BCUT2D eigenvalue weighted by Gasteiger charge is -2.22. The third kappa shape index (κ3) is 6.63. The molecule has 0 fully saturated rings. The summed E-state index contributed by atoms with van der Waals surface area (Å²) in [6.45, 7) is 4.72. The lowest BCUT2D eigenvalue weighted by molar-refractivity contribution is 0.661. The molecule has 9 aromatic carbocycles. The van der Waals surface area contributed by atoms with Crippen LogP contribution in [0.3, 0.4) is 0 Å². The number of nitrogens with zero attached hydrogens (tertiary/aromatic N) is 2. The van der Waals surface area contributed by atoms with E-state index in [4.69, 9.17) is 9.97 Å². The van der Waals surface area contributed by atoms with E-state index in [-0.39, 0.29) is 5.41 Å². The Labute approximate surface area is 357 Å². The fraction of sp³-hybridized carbons (Fsp3) is 0.0508. The van der Waals surface area contributed by atoms with E-state index in [1.807, 2.05) is 0 Å². The maximum absolute atomic E-state index is 5.23. The molecule has 0 N–H and O–H groups in total. The summed E-state index contributed by atoms with van der Waals surface area (Å²) in [5.74, 6) is 0.693. The zero-order chi connectivity index (χ0) is 40.9. The minimum absolute atomic E-state index is 0.0818. The van der Waals surface area contributed by atoms with E-state index in [0.29, 0.717) is 5.82 Å². The number of hydrogen-bond acceptors (Lipinski definition) is 2. The second-order valence-electron chi connectivity index (χ2n) is 16.6. The first-order valence-electron chi connectivity index (χ1n) is 21.1. The van der Waals surface area contributed by atoms with Crippen LogP contribution in [0, 0.1) is 0 Å². The number of fused-ring (bicyclic) bond motifs is 4. The van der Waals surface area contributed by atoms with Crippen molar-refractivity contribution < 1.29 is 0 Å². The molecule has 0 saturated carbocycles. The van der Waals surface area contributed by atoms with Gasteiger partial charge in [0.2, 0.25) is 0 Å². The lowest BCUT2D eigenvalue weighted by Crippen LogP contribution is -2.14. The zero-order valence-electron chi connectivity index (χ0n) is 34.2. The van der Waals surface area contributed by atoms with Crippen LogP contribution in [0.15, 0.2) is 218 Å². The summed E-state index contributed by atoms with van der Waals surface area (Å²) < 4.78 is 0. The summed E-state index contributed by atoms with van der Waals surface area (Å²) in [4.78, 5) is 10.5. The van der Waals surface area contributed by atoms with Gasteiger partial charge < -0.3 is 0 Å². The summed E-state index contributed by atoms with van der Waals surface area (Å²) in [7, 11) is 0. The van der Waals surface area contributed by atoms with Crippen molar-refractivity contribution in [2.75, 3.05) is 0 Å². The zero-order valence-corrected chi connectivity index (χ0v) is 34.2. The first-order valence-corrected chi connectivity index (χ1v) is 21.1. The minimum Gasteiger partial charge on any atom is -0.228 e. The molecular weight excluding hydrogens is 737 g/mol. The fourth-order valence-corrected chi connectivity index (χ4v) is 9.19. The van der Waals surface area contributed by atoms with Gasteiger partial charge in [-0.2, -0.15) is 0 Å². The van der Waals surface area contributed by atoms with Crippen LogP contribution in [-0.2, 0) is 5.41 Å². The quantitative estimate of drug-likeness (QED) is 0.161. The van der Waals surface area contributed by atoms with Crippen molar-refractivity contribution in [3.8, 4) is 89.5 Å².